The van der Waals surface area contributed by atoms with Gasteiger partial charge in [0, 0.05) is 23.5 Å². The third-order valence-electron chi connectivity index (χ3n) is 4.84. The number of hydrogen-bond acceptors (Lipinski definition) is 4. The minimum absolute atomic E-state index is 0.168. The first kappa shape index (κ1) is 19.9. The van der Waals surface area contributed by atoms with E-state index in [0.29, 0.717) is 16.9 Å². The number of thiophene rings is 1. The summed E-state index contributed by atoms with van der Waals surface area (Å²) >= 11 is 1.75. The first-order valence-electron chi connectivity index (χ1n) is 9.77. The van der Waals surface area contributed by atoms with Gasteiger partial charge < -0.3 is 16.4 Å². The molecule has 0 unspecified atom stereocenters. The Morgan fingerprint density at radius 2 is 1.47 bits per heavy atom. The fraction of sp³-hybridized carbons (Fsp3) is 0.0800. The van der Waals surface area contributed by atoms with Crippen molar-refractivity contribution in [2.24, 2.45) is 0 Å². The molecule has 5 heteroatoms. The van der Waals surface area contributed by atoms with Crippen LogP contribution in [0.3, 0.4) is 0 Å². The molecular formula is C25H23N3OS. The number of carbonyl (C=O) groups is 1. The number of para-hydroxylation sites is 2. The van der Waals surface area contributed by atoms with E-state index >= 15 is 0 Å². The molecule has 0 aliphatic carbocycles. The highest BCUT2D eigenvalue weighted by atomic mass is 32.1. The topological polar surface area (TPSA) is 67.1 Å². The monoisotopic (exact) mass is 413 g/mol. The number of nitrogens with two attached hydrogens (primary N) is 1. The van der Waals surface area contributed by atoms with Crippen molar-refractivity contribution in [2.45, 2.75) is 13.1 Å². The SMILES string of the molecule is Nc1ccccc1NC(=O)c1ccc(CNCc2ccc(-c3cccs3)cc2)cc1. The summed E-state index contributed by atoms with van der Waals surface area (Å²) in [4.78, 5) is 13.7. The number of nitrogens with one attached hydrogen (secondary N) is 2. The quantitative estimate of drug-likeness (QED) is 0.349. The van der Waals surface area contributed by atoms with Gasteiger partial charge in [-0.1, -0.05) is 54.6 Å². The second-order valence-electron chi connectivity index (χ2n) is 7.02. The third-order valence-corrected chi connectivity index (χ3v) is 5.76. The maximum Gasteiger partial charge on any atom is 0.255 e. The van der Waals surface area contributed by atoms with E-state index in [1.54, 1.807) is 23.5 Å². The highest BCUT2D eigenvalue weighted by Gasteiger charge is 2.07. The van der Waals surface area contributed by atoms with E-state index < -0.39 is 0 Å². The van der Waals surface area contributed by atoms with Crippen LogP contribution >= 0.6 is 11.3 Å². The van der Waals surface area contributed by atoms with Crippen molar-refractivity contribution in [1.82, 2.24) is 5.32 Å². The maximum absolute atomic E-state index is 12.4. The Bertz CT molecular complexity index is 1100. The van der Waals surface area contributed by atoms with Crippen molar-refractivity contribution >= 4 is 28.6 Å². The predicted octanol–water partition coefficient (Wildman–Crippen LogP) is 5.54. The van der Waals surface area contributed by atoms with E-state index in [0.717, 1.165) is 18.7 Å². The summed E-state index contributed by atoms with van der Waals surface area (Å²) in [5.74, 6) is -0.168. The lowest BCUT2D eigenvalue weighted by Crippen LogP contribution is -2.14. The number of benzene rings is 3. The highest BCUT2D eigenvalue weighted by Crippen LogP contribution is 2.24. The molecule has 4 nitrogen and oxygen atoms in total. The Kier molecular flexibility index (Phi) is 6.23. The first-order chi connectivity index (χ1) is 14.7. The summed E-state index contributed by atoms with van der Waals surface area (Å²) < 4.78 is 0. The van der Waals surface area contributed by atoms with Gasteiger partial charge in [0.15, 0.2) is 0 Å². The molecule has 0 atom stereocenters. The maximum atomic E-state index is 12.4. The van der Waals surface area contributed by atoms with Crippen LogP contribution in [0, 0.1) is 0 Å². The van der Waals surface area contributed by atoms with Crippen LogP contribution < -0.4 is 16.4 Å². The van der Waals surface area contributed by atoms with E-state index in [1.165, 1.54) is 16.0 Å². The molecule has 0 bridgehead atoms. The lowest BCUT2D eigenvalue weighted by atomic mass is 10.1. The standard InChI is InChI=1S/C25H23N3OS/c26-22-4-1-2-5-23(22)28-25(29)21-13-9-19(10-14-21)17-27-16-18-7-11-20(12-8-18)24-6-3-15-30-24/h1-15,27H,16-17,26H2,(H,28,29). The van der Waals surface area contributed by atoms with Gasteiger partial charge >= 0.3 is 0 Å². The summed E-state index contributed by atoms with van der Waals surface area (Å²) in [7, 11) is 0. The molecule has 150 valence electrons. The van der Waals surface area contributed by atoms with Crippen molar-refractivity contribution in [1.29, 1.82) is 0 Å². The molecule has 30 heavy (non-hydrogen) atoms. The van der Waals surface area contributed by atoms with Gasteiger partial charge in [-0.25, -0.2) is 0 Å². The molecule has 4 rings (SSSR count). The zero-order valence-electron chi connectivity index (χ0n) is 16.5. The summed E-state index contributed by atoms with van der Waals surface area (Å²) in [5.41, 5.74) is 11.3. The Morgan fingerprint density at radius 1 is 0.800 bits per heavy atom. The van der Waals surface area contributed by atoms with Crippen molar-refractivity contribution in [3.8, 4) is 10.4 Å². The summed E-state index contributed by atoms with van der Waals surface area (Å²) in [6, 6.07) is 27.7. The fourth-order valence-electron chi connectivity index (χ4n) is 3.16. The summed E-state index contributed by atoms with van der Waals surface area (Å²) in [6.45, 7) is 1.53. The summed E-state index contributed by atoms with van der Waals surface area (Å²) in [6.07, 6.45) is 0. The zero-order chi connectivity index (χ0) is 20.8. The molecule has 0 aliphatic rings. The molecule has 1 amide bonds. The number of hydrogen-bond donors (Lipinski definition) is 3. The van der Waals surface area contributed by atoms with Crippen LogP contribution in [0.2, 0.25) is 0 Å². The van der Waals surface area contributed by atoms with Gasteiger partial charge in [0.1, 0.15) is 0 Å². The van der Waals surface area contributed by atoms with Gasteiger partial charge in [-0.05, 0) is 52.4 Å². The lowest BCUT2D eigenvalue weighted by molar-refractivity contribution is 0.102. The van der Waals surface area contributed by atoms with Crippen molar-refractivity contribution < 1.29 is 4.79 Å². The lowest BCUT2D eigenvalue weighted by Gasteiger charge is -2.09. The molecule has 0 saturated heterocycles. The van der Waals surface area contributed by atoms with E-state index in [1.807, 2.05) is 36.4 Å². The molecule has 4 N–H and O–H groups in total. The van der Waals surface area contributed by atoms with Gasteiger partial charge in [-0.2, -0.15) is 0 Å². The molecule has 0 radical (unpaired) electrons. The van der Waals surface area contributed by atoms with Crippen LogP contribution in [0.15, 0.2) is 90.3 Å². The molecule has 1 aromatic heterocycles. The van der Waals surface area contributed by atoms with Gasteiger partial charge in [-0.15, -0.1) is 11.3 Å². The molecule has 1 heterocycles. The number of nitrogen functional groups attached to an aromatic ring is 1. The van der Waals surface area contributed by atoms with E-state index in [2.05, 4.69) is 52.4 Å². The third kappa shape index (κ3) is 4.95. The van der Waals surface area contributed by atoms with Crippen molar-refractivity contribution in [3.05, 3.63) is 107 Å². The number of rotatable bonds is 7. The fourth-order valence-corrected chi connectivity index (χ4v) is 3.89. The van der Waals surface area contributed by atoms with Crippen molar-refractivity contribution in [2.75, 3.05) is 11.1 Å². The molecule has 0 spiro atoms. The van der Waals surface area contributed by atoms with E-state index in [9.17, 15) is 4.79 Å². The molecule has 0 saturated carbocycles. The summed E-state index contributed by atoms with van der Waals surface area (Å²) in [5, 5.41) is 8.39. The van der Waals surface area contributed by atoms with E-state index in [-0.39, 0.29) is 5.91 Å². The molecule has 0 aliphatic heterocycles. The molecule has 4 aromatic rings. The average Bonchev–Trinajstić information content (AvgIpc) is 3.31. The highest BCUT2D eigenvalue weighted by molar-refractivity contribution is 7.13. The van der Waals surface area contributed by atoms with Gasteiger partial charge in [0.2, 0.25) is 0 Å². The second kappa shape index (κ2) is 9.39. The Morgan fingerprint density at radius 3 is 2.10 bits per heavy atom. The Labute approximate surface area is 180 Å². The molecular weight excluding hydrogens is 390 g/mol. The normalized spacial score (nSPS) is 10.7. The van der Waals surface area contributed by atoms with Crippen LogP contribution in [0.5, 0.6) is 0 Å². The minimum atomic E-state index is -0.168. The van der Waals surface area contributed by atoms with Crippen LogP contribution in [-0.2, 0) is 13.1 Å². The second-order valence-corrected chi connectivity index (χ2v) is 7.96. The molecule has 3 aromatic carbocycles. The average molecular weight is 414 g/mol. The smallest absolute Gasteiger partial charge is 0.255 e. The Balaban J connectivity index is 1.28. The van der Waals surface area contributed by atoms with Gasteiger partial charge in [-0.3, -0.25) is 4.79 Å². The predicted molar refractivity (Wildman–Crippen MR) is 126 cm³/mol. The largest absolute Gasteiger partial charge is 0.397 e. The van der Waals surface area contributed by atoms with Crippen LogP contribution in [0.4, 0.5) is 11.4 Å². The zero-order valence-corrected chi connectivity index (χ0v) is 17.3. The van der Waals surface area contributed by atoms with Crippen LogP contribution in [0.25, 0.3) is 10.4 Å². The van der Waals surface area contributed by atoms with Gasteiger partial charge in [0.25, 0.3) is 5.91 Å². The van der Waals surface area contributed by atoms with E-state index in [4.69, 9.17) is 5.73 Å². The van der Waals surface area contributed by atoms with Crippen molar-refractivity contribution in [3.63, 3.8) is 0 Å². The van der Waals surface area contributed by atoms with Gasteiger partial charge in [0.05, 0.1) is 11.4 Å². The Hall–Kier alpha value is -3.41. The van der Waals surface area contributed by atoms with Crippen LogP contribution in [0.1, 0.15) is 21.5 Å². The minimum Gasteiger partial charge on any atom is -0.397 e. The number of amides is 1. The number of anilines is 2. The number of carbonyl (C=O) groups excluding carboxylic acids is 1. The first-order valence-corrected chi connectivity index (χ1v) is 10.7. The van der Waals surface area contributed by atoms with Crippen LogP contribution in [-0.4, -0.2) is 5.91 Å². The molecule has 0 fully saturated rings.